The Morgan fingerprint density at radius 2 is 2.17 bits per heavy atom. The van der Waals surface area contributed by atoms with E-state index in [1.807, 2.05) is 6.92 Å². The molecule has 0 aliphatic rings. The highest BCUT2D eigenvalue weighted by atomic mass is 16.5. The van der Waals surface area contributed by atoms with E-state index >= 15 is 0 Å². The average molecular weight is 246 g/mol. The van der Waals surface area contributed by atoms with E-state index < -0.39 is 0 Å². The maximum absolute atomic E-state index is 11.5. The van der Waals surface area contributed by atoms with Gasteiger partial charge in [0, 0.05) is 17.8 Å². The highest BCUT2D eigenvalue weighted by Gasteiger charge is 2.06. The van der Waals surface area contributed by atoms with Gasteiger partial charge in [0.1, 0.15) is 5.69 Å². The third-order valence-electron chi connectivity index (χ3n) is 2.39. The van der Waals surface area contributed by atoms with Crippen LogP contribution in [0.1, 0.15) is 19.0 Å². The molecular formula is C12H14N4O2. The van der Waals surface area contributed by atoms with Gasteiger partial charge < -0.3 is 9.72 Å². The largest absolute Gasteiger partial charge is 0.480 e. The van der Waals surface area contributed by atoms with E-state index in [2.05, 4.69) is 20.2 Å². The summed E-state index contributed by atoms with van der Waals surface area (Å²) in [6.07, 6.45) is 1.70. The van der Waals surface area contributed by atoms with Crippen molar-refractivity contribution < 1.29 is 4.74 Å². The van der Waals surface area contributed by atoms with Gasteiger partial charge in [-0.15, -0.1) is 10.2 Å². The molecule has 0 radical (unpaired) electrons. The summed E-state index contributed by atoms with van der Waals surface area (Å²) in [6, 6.07) is 4.89. The molecule has 6 nitrogen and oxygen atoms in total. The van der Waals surface area contributed by atoms with Crippen LogP contribution in [0.15, 0.2) is 23.0 Å². The summed E-state index contributed by atoms with van der Waals surface area (Å²) in [4.78, 5) is 18.5. The third kappa shape index (κ3) is 2.71. The lowest BCUT2D eigenvalue weighted by Gasteiger charge is -2.03. The number of ether oxygens (including phenoxy) is 1. The Kier molecular flexibility index (Phi) is 3.66. The quantitative estimate of drug-likeness (QED) is 0.876. The Bertz CT molecular complexity index is 577. The molecule has 0 amide bonds. The molecule has 0 saturated heterocycles. The van der Waals surface area contributed by atoms with Gasteiger partial charge in [-0.1, -0.05) is 13.3 Å². The Labute approximate surface area is 104 Å². The molecule has 0 aliphatic carbocycles. The van der Waals surface area contributed by atoms with Crippen molar-refractivity contribution in [3.8, 4) is 17.4 Å². The molecule has 0 spiro atoms. The molecule has 0 bridgehead atoms. The van der Waals surface area contributed by atoms with Crippen molar-refractivity contribution in [2.45, 2.75) is 19.8 Å². The van der Waals surface area contributed by atoms with Gasteiger partial charge in [-0.2, -0.15) is 0 Å². The van der Waals surface area contributed by atoms with Crippen LogP contribution in [-0.2, 0) is 6.42 Å². The summed E-state index contributed by atoms with van der Waals surface area (Å²) in [5, 5.41) is 7.80. The number of hydrogen-bond acceptors (Lipinski definition) is 5. The summed E-state index contributed by atoms with van der Waals surface area (Å²) in [5.41, 5.74) is 1.10. The van der Waals surface area contributed by atoms with Gasteiger partial charge >= 0.3 is 0 Å². The van der Waals surface area contributed by atoms with Gasteiger partial charge in [-0.3, -0.25) is 4.79 Å². The van der Waals surface area contributed by atoms with E-state index in [0.29, 0.717) is 17.4 Å². The number of hydrogen-bond donors (Lipinski definition) is 1. The van der Waals surface area contributed by atoms with Crippen molar-refractivity contribution in [1.29, 1.82) is 0 Å². The minimum absolute atomic E-state index is 0.180. The van der Waals surface area contributed by atoms with Crippen LogP contribution < -0.4 is 10.3 Å². The molecule has 2 aromatic rings. The summed E-state index contributed by atoms with van der Waals surface area (Å²) >= 11 is 0. The maximum atomic E-state index is 11.5. The van der Waals surface area contributed by atoms with Crippen molar-refractivity contribution in [2.24, 2.45) is 0 Å². The molecule has 2 rings (SSSR count). The summed E-state index contributed by atoms with van der Waals surface area (Å²) in [6.45, 7) is 2.04. The van der Waals surface area contributed by atoms with Crippen molar-refractivity contribution >= 4 is 0 Å². The number of H-pyrrole nitrogens is 1. The fourth-order valence-electron chi connectivity index (χ4n) is 1.57. The summed E-state index contributed by atoms with van der Waals surface area (Å²) < 4.78 is 4.93. The second-order valence-electron chi connectivity index (χ2n) is 3.80. The number of aromatic amines is 1. The monoisotopic (exact) mass is 246 g/mol. The molecular weight excluding hydrogens is 232 g/mol. The molecule has 0 aromatic carbocycles. The first-order chi connectivity index (χ1) is 8.72. The normalized spacial score (nSPS) is 10.3. The van der Waals surface area contributed by atoms with Gasteiger partial charge in [-0.25, -0.2) is 4.98 Å². The van der Waals surface area contributed by atoms with E-state index in [1.165, 1.54) is 13.2 Å². The topological polar surface area (TPSA) is 80.8 Å². The Morgan fingerprint density at radius 1 is 1.33 bits per heavy atom. The van der Waals surface area contributed by atoms with Crippen LogP contribution in [0.3, 0.4) is 0 Å². The van der Waals surface area contributed by atoms with Gasteiger partial charge in [0.25, 0.3) is 5.56 Å². The number of rotatable bonds is 4. The number of methoxy groups -OCH3 is 1. The van der Waals surface area contributed by atoms with E-state index in [4.69, 9.17) is 4.74 Å². The molecule has 0 saturated carbocycles. The lowest BCUT2D eigenvalue weighted by molar-refractivity contribution is 0.392. The number of nitrogens with zero attached hydrogens (tertiary/aromatic N) is 3. The molecule has 0 atom stereocenters. The van der Waals surface area contributed by atoms with E-state index in [0.717, 1.165) is 18.5 Å². The number of nitrogens with one attached hydrogen (secondary N) is 1. The lowest BCUT2D eigenvalue weighted by atomic mass is 10.2. The molecule has 0 aliphatic heterocycles. The van der Waals surface area contributed by atoms with Gasteiger partial charge in [0.2, 0.25) is 5.88 Å². The van der Waals surface area contributed by atoms with Crippen molar-refractivity contribution in [3.63, 3.8) is 0 Å². The molecule has 18 heavy (non-hydrogen) atoms. The van der Waals surface area contributed by atoms with Gasteiger partial charge in [-0.05, 0) is 12.5 Å². The Hall–Kier alpha value is -2.24. The van der Waals surface area contributed by atoms with E-state index in [9.17, 15) is 4.79 Å². The SMILES string of the molecule is CCCc1cc(=O)[nH]c(-c2ccc(OC)nn2)n1. The Balaban J connectivity index is 2.39. The van der Waals surface area contributed by atoms with Crippen LogP contribution in [0.2, 0.25) is 0 Å². The van der Waals surface area contributed by atoms with Crippen LogP contribution in [0, 0.1) is 0 Å². The first-order valence-electron chi connectivity index (χ1n) is 5.71. The van der Waals surface area contributed by atoms with Crippen molar-refractivity contribution in [1.82, 2.24) is 20.2 Å². The standard InChI is InChI=1S/C12H14N4O2/c1-3-4-8-7-10(17)14-12(13-8)9-5-6-11(18-2)16-15-9/h5-7H,3-4H2,1-2H3,(H,13,14,17). The van der Waals surface area contributed by atoms with Gasteiger partial charge in [0.05, 0.1) is 7.11 Å². The van der Waals surface area contributed by atoms with Crippen molar-refractivity contribution in [2.75, 3.05) is 7.11 Å². The molecule has 1 N–H and O–H groups in total. The second-order valence-corrected chi connectivity index (χ2v) is 3.80. The summed E-state index contributed by atoms with van der Waals surface area (Å²) in [7, 11) is 1.52. The fourth-order valence-corrected chi connectivity index (χ4v) is 1.57. The van der Waals surface area contributed by atoms with Crippen LogP contribution in [-0.4, -0.2) is 27.3 Å². The first kappa shape index (κ1) is 12.2. The van der Waals surface area contributed by atoms with E-state index in [-0.39, 0.29) is 5.56 Å². The zero-order valence-electron chi connectivity index (χ0n) is 10.3. The van der Waals surface area contributed by atoms with Crippen LogP contribution in [0.4, 0.5) is 0 Å². The fraction of sp³-hybridized carbons (Fsp3) is 0.333. The molecule has 0 unspecified atom stereocenters. The van der Waals surface area contributed by atoms with Gasteiger partial charge in [0.15, 0.2) is 5.82 Å². The average Bonchev–Trinajstić information content (AvgIpc) is 2.38. The highest BCUT2D eigenvalue weighted by molar-refractivity contribution is 5.48. The van der Waals surface area contributed by atoms with Crippen LogP contribution >= 0.6 is 0 Å². The second kappa shape index (κ2) is 5.39. The number of aryl methyl sites for hydroxylation is 1. The van der Waals surface area contributed by atoms with E-state index in [1.54, 1.807) is 12.1 Å². The molecule has 2 aromatic heterocycles. The predicted octanol–water partition coefficient (Wildman–Crippen LogP) is 1.19. The molecule has 0 fully saturated rings. The van der Waals surface area contributed by atoms with Crippen LogP contribution in [0.5, 0.6) is 5.88 Å². The minimum Gasteiger partial charge on any atom is -0.480 e. The smallest absolute Gasteiger partial charge is 0.251 e. The molecule has 6 heteroatoms. The Morgan fingerprint density at radius 3 is 2.78 bits per heavy atom. The van der Waals surface area contributed by atoms with Crippen LogP contribution in [0.25, 0.3) is 11.5 Å². The highest BCUT2D eigenvalue weighted by Crippen LogP contribution is 2.12. The predicted molar refractivity (Wildman–Crippen MR) is 66.4 cm³/mol. The lowest BCUT2D eigenvalue weighted by Crippen LogP contribution is -2.11. The zero-order chi connectivity index (χ0) is 13.0. The zero-order valence-corrected chi connectivity index (χ0v) is 10.3. The van der Waals surface area contributed by atoms with Crippen molar-refractivity contribution in [3.05, 3.63) is 34.2 Å². The maximum Gasteiger partial charge on any atom is 0.251 e. The molecule has 2 heterocycles. The number of aromatic nitrogens is 4. The summed E-state index contributed by atoms with van der Waals surface area (Å²) in [5.74, 6) is 0.854. The first-order valence-corrected chi connectivity index (χ1v) is 5.71. The minimum atomic E-state index is -0.180. The molecule has 94 valence electrons. The third-order valence-corrected chi connectivity index (χ3v) is 2.39.